The molecule has 3 aromatic rings. The van der Waals surface area contributed by atoms with Crippen LogP contribution >= 0.6 is 0 Å². The molecule has 1 aromatic carbocycles. The van der Waals surface area contributed by atoms with Gasteiger partial charge in [-0.1, -0.05) is 13.0 Å². The van der Waals surface area contributed by atoms with E-state index in [1.807, 2.05) is 39.0 Å². The monoisotopic (exact) mass is 410 g/mol. The summed E-state index contributed by atoms with van der Waals surface area (Å²) in [6, 6.07) is 7.72. The number of pyridine rings is 1. The van der Waals surface area contributed by atoms with E-state index in [9.17, 15) is 9.90 Å². The van der Waals surface area contributed by atoms with E-state index in [-0.39, 0.29) is 23.2 Å². The lowest BCUT2D eigenvalue weighted by Crippen LogP contribution is -2.42. The van der Waals surface area contributed by atoms with Crippen LogP contribution in [0.3, 0.4) is 0 Å². The standard InChI is InChI=1S/C22H30N6O2/c1-5-14-6-7-18-15(12-14)13-17(21(30)23-18)19(27-10-8-16(29)9-11-27)20-24-25-26-28(20)22(2,3)4/h6-7,12-13,16,19,29H,5,8-11H2,1-4H3,(H,23,30)/t19-/m0/s1. The molecule has 8 nitrogen and oxygen atoms in total. The highest BCUT2D eigenvalue weighted by Crippen LogP contribution is 2.31. The van der Waals surface area contributed by atoms with Crippen molar-refractivity contribution in [2.24, 2.45) is 0 Å². The molecule has 0 aliphatic carbocycles. The number of aliphatic hydroxyl groups excluding tert-OH is 1. The number of aromatic nitrogens is 5. The van der Waals surface area contributed by atoms with Gasteiger partial charge in [-0.25, -0.2) is 4.68 Å². The van der Waals surface area contributed by atoms with Crippen LogP contribution < -0.4 is 5.56 Å². The maximum atomic E-state index is 13.2. The lowest BCUT2D eigenvalue weighted by Gasteiger charge is -2.36. The Bertz CT molecular complexity index is 1090. The van der Waals surface area contributed by atoms with Gasteiger partial charge in [-0.2, -0.15) is 0 Å². The number of rotatable bonds is 4. The Balaban J connectivity index is 1.89. The average molecular weight is 411 g/mol. The minimum atomic E-state index is -0.384. The molecule has 0 amide bonds. The summed E-state index contributed by atoms with van der Waals surface area (Å²) in [7, 11) is 0. The van der Waals surface area contributed by atoms with Gasteiger partial charge >= 0.3 is 0 Å². The molecule has 0 bridgehead atoms. The van der Waals surface area contributed by atoms with Gasteiger partial charge in [0.15, 0.2) is 5.82 Å². The lowest BCUT2D eigenvalue weighted by atomic mass is 9.98. The lowest BCUT2D eigenvalue weighted by molar-refractivity contribution is 0.0647. The number of likely N-dealkylation sites (tertiary alicyclic amines) is 1. The molecular formula is C22H30N6O2. The van der Waals surface area contributed by atoms with Gasteiger partial charge < -0.3 is 10.1 Å². The number of hydrogen-bond acceptors (Lipinski definition) is 6. The Morgan fingerprint density at radius 2 is 1.97 bits per heavy atom. The zero-order valence-corrected chi connectivity index (χ0v) is 18.1. The minimum absolute atomic E-state index is 0.133. The molecule has 0 saturated carbocycles. The van der Waals surface area contributed by atoms with E-state index in [1.54, 1.807) is 4.68 Å². The zero-order valence-electron chi connectivity index (χ0n) is 18.1. The highest BCUT2D eigenvalue weighted by atomic mass is 16.3. The molecule has 0 spiro atoms. The summed E-state index contributed by atoms with van der Waals surface area (Å²) in [6.07, 6.45) is 1.96. The van der Waals surface area contributed by atoms with Gasteiger partial charge in [-0.3, -0.25) is 9.69 Å². The topological polar surface area (TPSA) is 99.9 Å². The van der Waals surface area contributed by atoms with E-state index < -0.39 is 0 Å². The predicted molar refractivity (Wildman–Crippen MR) is 115 cm³/mol. The molecule has 8 heteroatoms. The number of piperidine rings is 1. The number of aromatic amines is 1. The van der Waals surface area contributed by atoms with Crippen molar-refractivity contribution >= 4 is 10.9 Å². The van der Waals surface area contributed by atoms with Crippen LogP contribution in [-0.4, -0.2) is 54.4 Å². The normalized spacial score (nSPS) is 17.5. The molecule has 1 aliphatic rings. The fraction of sp³-hybridized carbons (Fsp3) is 0.545. The van der Waals surface area contributed by atoms with Gasteiger partial charge in [0.05, 0.1) is 11.6 Å². The molecule has 2 aromatic heterocycles. The summed E-state index contributed by atoms with van der Waals surface area (Å²) in [5, 5.41) is 23.5. The van der Waals surface area contributed by atoms with Crippen LogP contribution in [0, 0.1) is 0 Å². The highest BCUT2D eigenvalue weighted by molar-refractivity contribution is 5.80. The Labute approximate surface area is 175 Å². The van der Waals surface area contributed by atoms with Crippen LogP contribution in [0.1, 0.15) is 63.5 Å². The number of aliphatic hydroxyl groups is 1. The smallest absolute Gasteiger partial charge is 0.253 e. The molecule has 1 saturated heterocycles. The van der Waals surface area contributed by atoms with Crippen molar-refractivity contribution in [1.82, 2.24) is 30.1 Å². The quantitative estimate of drug-likeness (QED) is 0.685. The number of fused-ring (bicyclic) bond motifs is 1. The van der Waals surface area contributed by atoms with E-state index in [1.165, 1.54) is 5.56 Å². The summed E-state index contributed by atoms with van der Waals surface area (Å²) >= 11 is 0. The van der Waals surface area contributed by atoms with Crippen LogP contribution in [-0.2, 0) is 12.0 Å². The second-order valence-electron chi connectivity index (χ2n) is 9.12. The van der Waals surface area contributed by atoms with E-state index >= 15 is 0 Å². The Kier molecular flexibility index (Phi) is 5.46. The largest absolute Gasteiger partial charge is 0.393 e. The molecule has 1 fully saturated rings. The van der Waals surface area contributed by atoms with Crippen molar-refractivity contribution in [2.75, 3.05) is 13.1 Å². The third-order valence-electron chi connectivity index (χ3n) is 5.88. The summed E-state index contributed by atoms with van der Waals surface area (Å²) in [6.45, 7) is 9.60. The number of aryl methyl sites for hydroxylation is 1. The summed E-state index contributed by atoms with van der Waals surface area (Å²) in [4.78, 5) is 18.4. The molecule has 30 heavy (non-hydrogen) atoms. The highest BCUT2D eigenvalue weighted by Gasteiger charge is 2.34. The summed E-state index contributed by atoms with van der Waals surface area (Å²) in [5.74, 6) is 0.649. The first-order valence-corrected chi connectivity index (χ1v) is 10.6. The fourth-order valence-corrected chi connectivity index (χ4v) is 4.18. The Morgan fingerprint density at radius 1 is 1.23 bits per heavy atom. The van der Waals surface area contributed by atoms with E-state index in [0.717, 1.165) is 17.3 Å². The fourth-order valence-electron chi connectivity index (χ4n) is 4.18. The first-order chi connectivity index (χ1) is 14.3. The van der Waals surface area contributed by atoms with Gasteiger partial charge in [-0.05, 0) is 79.6 Å². The van der Waals surface area contributed by atoms with Crippen molar-refractivity contribution in [3.63, 3.8) is 0 Å². The number of benzene rings is 1. The Hall–Kier alpha value is -2.58. The number of H-pyrrole nitrogens is 1. The number of tetrazole rings is 1. The van der Waals surface area contributed by atoms with E-state index in [2.05, 4.69) is 38.4 Å². The summed E-state index contributed by atoms with van der Waals surface area (Å²) < 4.78 is 1.80. The molecule has 1 aliphatic heterocycles. The van der Waals surface area contributed by atoms with Gasteiger partial charge in [-0.15, -0.1) is 5.10 Å². The second-order valence-corrected chi connectivity index (χ2v) is 9.12. The number of nitrogens with zero attached hydrogens (tertiary/aromatic N) is 5. The van der Waals surface area contributed by atoms with Crippen molar-refractivity contribution in [2.45, 2.75) is 64.6 Å². The van der Waals surface area contributed by atoms with Crippen LogP contribution in [0.5, 0.6) is 0 Å². The molecule has 2 N–H and O–H groups in total. The van der Waals surface area contributed by atoms with Crippen molar-refractivity contribution in [3.05, 3.63) is 51.6 Å². The van der Waals surface area contributed by atoms with Crippen molar-refractivity contribution < 1.29 is 5.11 Å². The maximum absolute atomic E-state index is 13.2. The van der Waals surface area contributed by atoms with Crippen LogP contribution in [0.15, 0.2) is 29.1 Å². The molecule has 1 atom stereocenters. The minimum Gasteiger partial charge on any atom is -0.393 e. The molecule has 160 valence electrons. The molecule has 0 unspecified atom stereocenters. The van der Waals surface area contributed by atoms with Gasteiger partial charge in [0.25, 0.3) is 5.56 Å². The molecule has 0 radical (unpaired) electrons. The first-order valence-electron chi connectivity index (χ1n) is 10.6. The van der Waals surface area contributed by atoms with Crippen LogP contribution in [0.4, 0.5) is 0 Å². The number of nitrogens with one attached hydrogen (secondary N) is 1. The number of hydrogen-bond donors (Lipinski definition) is 2. The van der Waals surface area contributed by atoms with Gasteiger partial charge in [0.2, 0.25) is 0 Å². The third kappa shape index (κ3) is 3.89. The van der Waals surface area contributed by atoms with E-state index in [0.29, 0.717) is 37.3 Å². The van der Waals surface area contributed by atoms with Gasteiger partial charge in [0.1, 0.15) is 6.04 Å². The maximum Gasteiger partial charge on any atom is 0.253 e. The van der Waals surface area contributed by atoms with Gasteiger partial charge in [0, 0.05) is 24.2 Å². The molecule has 3 heterocycles. The second kappa shape index (κ2) is 7.92. The average Bonchev–Trinajstić information content (AvgIpc) is 3.19. The van der Waals surface area contributed by atoms with Crippen molar-refractivity contribution in [3.8, 4) is 0 Å². The first kappa shape index (κ1) is 20.7. The third-order valence-corrected chi connectivity index (χ3v) is 5.88. The van der Waals surface area contributed by atoms with E-state index in [4.69, 9.17) is 0 Å². The molecular weight excluding hydrogens is 380 g/mol. The van der Waals surface area contributed by atoms with Crippen molar-refractivity contribution in [1.29, 1.82) is 0 Å². The van der Waals surface area contributed by atoms with Crippen LogP contribution in [0.2, 0.25) is 0 Å². The SMILES string of the molecule is CCc1ccc2[nH]c(=O)c([C@@H](c3nnnn3C(C)(C)C)N3CCC(O)CC3)cc2c1. The molecule has 4 rings (SSSR count). The zero-order chi connectivity index (χ0) is 21.5. The van der Waals surface area contributed by atoms with Crippen LogP contribution in [0.25, 0.3) is 10.9 Å². The predicted octanol–water partition coefficient (Wildman–Crippen LogP) is 2.38. The summed E-state index contributed by atoms with van der Waals surface area (Å²) in [5.41, 5.74) is 2.21. The Morgan fingerprint density at radius 3 is 2.63 bits per heavy atom.